The molecule has 0 spiro atoms. The van der Waals surface area contributed by atoms with Crippen LogP contribution in [0.3, 0.4) is 0 Å². The standard InChI is InChI=1S/C26H35N7O4S2/c1-32(2)16-13-27-22-12-11-21-25(29-22)38-26(28-21)30-24(34)23(31-33-14-4-5-15-33)19-7-9-20(10-8-19)39(35,36)18-6-17-37-3/h7-12H,4-6,13-18H2,1-3H3,(H,27,29)(H,28,30,34). The highest BCUT2D eigenvalue weighted by Crippen LogP contribution is 2.26. The smallest absolute Gasteiger partial charge is 0.278 e. The van der Waals surface area contributed by atoms with Gasteiger partial charge >= 0.3 is 0 Å². The van der Waals surface area contributed by atoms with Crippen molar-refractivity contribution >= 4 is 54.1 Å². The topological polar surface area (TPSA) is 129 Å². The van der Waals surface area contributed by atoms with Crippen LogP contribution < -0.4 is 10.6 Å². The van der Waals surface area contributed by atoms with Crippen molar-refractivity contribution in [2.75, 3.05) is 70.4 Å². The number of nitrogens with one attached hydrogen (secondary N) is 2. The fourth-order valence-electron chi connectivity index (χ4n) is 4.04. The van der Waals surface area contributed by atoms with Gasteiger partial charge in [-0.3, -0.25) is 15.1 Å². The van der Waals surface area contributed by atoms with Gasteiger partial charge in [-0.25, -0.2) is 18.4 Å². The summed E-state index contributed by atoms with van der Waals surface area (Å²) in [5.41, 5.74) is 1.43. The maximum atomic E-state index is 13.4. The fraction of sp³-hybridized carbons (Fsp3) is 0.462. The summed E-state index contributed by atoms with van der Waals surface area (Å²) in [6, 6.07) is 10.0. The molecule has 2 N–H and O–H groups in total. The summed E-state index contributed by atoms with van der Waals surface area (Å²) in [6.07, 6.45) is 2.42. The normalized spacial score (nSPS) is 14.4. The molecule has 11 nitrogen and oxygen atoms in total. The van der Waals surface area contributed by atoms with Crippen molar-refractivity contribution < 1.29 is 17.9 Å². The first kappa shape index (κ1) is 28.9. The number of hydrogen-bond donors (Lipinski definition) is 2. The summed E-state index contributed by atoms with van der Waals surface area (Å²) in [4.78, 5) is 25.6. The molecule has 0 bridgehead atoms. The Bertz CT molecular complexity index is 1400. The zero-order chi connectivity index (χ0) is 27.8. The van der Waals surface area contributed by atoms with Crippen LogP contribution in [0.2, 0.25) is 0 Å². The molecule has 0 saturated carbocycles. The average molecular weight is 574 g/mol. The Morgan fingerprint density at radius 3 is 2.56 bits per heavy atom. The molecule has 39 heavy (non-hydrogen) atoms. The summed E-state index contributed by atoms with van der Waals surface area (Å²) in [6.45, 7) is 3.54. The Morgan fingerprint density at radius 2 is 1.87 bits per heavy atom. The lowest BCUT2D eigenvalue weighted by Gasteiger charge is -2.14. The fourth-order valence-corrected chi connectivity index (χ4v) is 6.16. The van der Waals surface area contributed by atoms with Crippen molar-refractivity contribution in [2.24, 2.45) is 5.10 Å². The van der Waals surface area contributed by atoms with Crippen LogP contribution in [-0.4, -0.2) is 99.7 Å². The number of hydrazone groups is 1. The van der Waals surface area contributed by atoms with Crippen LogP contribution in [0.15, 0.2) is 46.4 Å². The number of hydrogen-bond acceptors (Lipinski definition) is 11. The van der Waals surface area contributed by atoms with E-state index in [1.54, 1.807) is 19.2 Å². The highest BCUT2D eigenvalue weighted by atomic mass is 32.2. The van der Waals surface area contributed by atoms with Gasteiger partial charge in [0.2, 0.25) is 0 Å². The van der Waals surface area contributed by atoms with Gasteiger partial charge in [0.05, 0.1) is 10.6 Å². The van der Waals surface area contributed by atoms with Crippen LogP contribution in [0.25, 0.3) is 10.3 Å². The molecule has 1 fully saturated rings. The van der Waals surface area contributed by atoms with Crippen molar-refractivity contribution in [3.63, 3.8) is 0 Å². The quantitative estimate of drug-likeness (QED) is 0.234. The number of anilines is 2. The number of ether oxygens (including phenoxy) is 1. The number of amides is 1. The summed E-state index contributed by atoms with van der Waals surface area (Å²) < 4.78 is 30.3. The number of nitrogens with zero attached hydrogens (tertiary/aromatic N) is 5. The third-order valence-electron chi connectivity index (χ3n) is 6.13. The Kier molecular flexibility index (Phi) is 9.83. The van der Waals surface area contributed by atoms with Crippen LogP contribution in [0.4, 0.5) is 10.9 Å². The van der Waals surface area contributed by atoms with E-state index >= 15 is 0 Å². The highest BCUT2D eigenvalue weighted by Gasteiger charge is 2.21. The minimum Gasteiger partial charge on any atom is -0.385 e. The van der Waals surface area contributed by atoms with E-state index in [9.17, 15) is 13.2 Å². The molecule has 2 aromatic heterocycles. The summed E-state index contributed by atoms with van der Waals surface area (Å²) >= 11 is 1.29. The minimum atomic E-state index is -3.45. The number of rotatable bonds is 13. The Labute approximate surface area is 233 Å². The minimum absolute atomic E-state index is 0.00603. The molecule has 1 aromatic carbocycles. The molecule has 0 atom stereocenters. The van der Waals surface area contributed by atoms with Gasteiger partial charge in [0, 0.05) is 45.5 Å². The van der Waals surface area contributed by atoms with Gasteiger partial charge in [-0.2, -0.15) is 5.10 Å². The second kappa shape index (κ2) is 13.3. The molecule has 1 aliphatic rings. The molecule has 0 radical (unpaired) electrons. The molecule has 0 unspecified atom stereocenters. The lowest BCUT2D eigenvalue weighted by atomic mass is 10.1. The average Bonchev–Trinajstić information content (AvgIpc) is 3.56. The summed E-state index contributed by atoms with van der Waals surface area (Å²) in [5.74, 6) is 0.328. The van der Waals surface area contributed by atoms with Crippen molar-refractivity contribution in [3.05, 3.63) is 42.0 Å². The van der Waals surface area contributed by atoms with Gasteiger partial charge in [-0.15, -0.1) is 0 Å². The maximum Gasteiger partial charge on any atom is 0.278 e. The van der Waals surface area contributed by atoms with Crippen molar-refractivity contribution in [2.45, 2.75) is 24.2 Å². The maximum absolute atomic E-state index is 13.4. The van der Waals surface area contributed by atoms with E-state index in [1.807, 2.05) is 31.2 Å². The van der Waals surface area contributed by atoms with Gasteiger partial charge in [-0.1, -0.05) is 23.5 Å². The molecule has 0 aliphatic carbocycles. The predicted octanol–water partition coefficient (Wildman–Crippen LogP) is 2.91. The van der Waals surface area contributed by atoms with Crippen molar-refractivity contribution in [1.82, 2.24) is 19.9 Å². The van der Waals surface area contributed by atoms with E-state index < -0.39 is 15.7 Å². The summed E-state index contributed by atoms with van der Waals surface area (Å²) in [5, 5.41) is 13.1. The van der Waals surface area contributed by atoms with Gasteiger partial charge in [0.15, 0.2) is 20.7 Å². The van der Waals surface area contributed by atoms with Gasteiger partial charge in [-0.05, 0) is 57.6 Å². The number of carbonyl (C=O) groups excluding carboxylic acids is 1. The first-order chi connectivity index (χ1) is 18.7. The molecule has 210 valence electrons. The van der Waals surface area contributed by atoms with Crippen LogP contribution in [0, 0.1) is 0 Å². The van der Waals surface area contributed by atoms with E-state index in [-0.39, 0.29) is 16.4 Å². The summed E-state index contributed by atoms with van der Waals surface area (Å²) in [7, 11) is 2.12. The number of fused-ring (bicyclic) bond motifs is 1. The van der Waals surface area contributed by atoms with E-state index in [0.29, 0.717) is 34.1 Å². The molecule has 13 heteroatoms. The largest absolute Gasteiger partial charge is 0.385 e. The van der Waals surface area contributed by atoms with Crippen molar-refractivity contribution in [3.8, 4) is 0 Å². The lowest BCUT2D eigenvalue weighted by molar-refractivity contribution is -0.110. The number of pyridine rings is 1. The van der Waals surface area contributed by atoms with Crippen LogP contribution >= 0.6 is 11.3 Å². The molecule has 1 amide bonds. The number of sulfone groups is 1. The Hall–Kier alpha value is -3.13. The number of aromatic nitrogens is 2. The third kappa shape index (κ3) is 7.94. The Balaban J connectivity index is 1.52. The molecular weight excluding hydrogens is 538 g/mol. The third-order valence-corrected chi connectivity index (χ3v) is 8.83. The zero-order valence-electron chi connectivity index (χ0n) is 22.5. The number of thiazole rings is 1. The van der Waals surface area contributed by atoms with Crippen molar-refractivity contribution in [1.29, 1.82) is 0 Å². The van der Waals surface area contributed by atoms with E-state index in [2.05, 4.69) is 30.6 Å². The first-order valence-electron chi connectivity index (χ1n) is 12.9. The molecular formula is C26H35N7O4S2. The van der Waals surface area contributed by atoms with E-state index in [0.717, 1.165) is 44.8 Å². The van der Waals surface area contributed by atoms with Crippen LogP contribution in [0.1, 0.15) is 24.8 Å². The van der Waals surface area contributed by atoms with Gasteiger partial charge in [0.1, 0.15) is 16.2 Å². The van der Waals surface area contributed by atoms with E-state index in [4.69, 9.17) is 4.74 Å². The predicted molar refractivity (Wildman–Crippen MR) is 155 cm³/mol. The monoisotopic (exact) mass is 573 g/mol. The second-order valence-electron chi connectivity index (χ2n) is 9.52. The molecule has 4 rings (SSSR count). The van der Waals surface area contributed by atoms with E-state index in [1.165, 1.54) is 23.5 Å². The number of likely N-dealkylation sites (N-methyl/N-ethyl adjacent to an activating group) is 1. The molecule has 3 aromatic rings. The van der Waals surface area contributed by atoms with Gasteiger partial charge in [0.25, 0.3) is 5.91 Å². The van der Waals surface area contributed by atoms with Gasteiger partial charge < -0.3 is 15.0 Å². The number of benzene rings is 1. The molecule has 1 aliphatic heterocycles. The molecule has 1 saturated heterocycles. The lowest BCUT2D eigenvalue weighted by Crippen LogP contribution is -2.27. The SMILES string of the molecule is COCCCS(=O)(=O)c1ccc(C(=NN2CCCC2)C(=O)Nc2nc3ccc(NCCN(C)C)nc3s2)cc1. The zero-order valence-corrected chi connectivity index (χ0v) is 24.1. The van der Waals surface area contributed by atoms with Crippen LogP contribution in [-0.2, 0) is 19.4 Å². The number of carbonyl (C=O) groups is 1. The second-order valence-corrected chi connectivity index (χ2v) is 12.6. The number of methoxy groups -OCH3 is 1. The van der Waals surface area contributed by atoms with Crippen LogP contribution in [0.5, 0.6) is 0 Å². The Morgan fingerprint density at radius 1 is 1.13 bits per heavy atom. The molecule has 3 heterocycles. The highest BCUT2D eigenvalue weighted by molar-refractivity contribution is 7.91. The first-order valence-corrected chi connectivity index (χ1v) is 15.4.